The summed E-state index contributed by atoms with van der Waals surface area (Å²) in [7, 11) is -3.99. The van der Waals surface area contributed by atoms with E-state index in [0.717, 1.165) is 12.3 Å². The van der Waals surface area contributed by atoms with Crippen molar-refractivity contribution in [2.24, 2.45) is 0 Å². The van der Waals surface area contributed by atoms with E-state index in [9.17, 15) is 18.5 Å². The fraction of sp³-hybridized carbons (Fsp3) is 0.111. The molecule has 0 saturated carbocycles. The Kier molecular flexibility index (Phi) is 2.94. The van der Waals surface area contributed by atoms with Crippen molar-refractivity contribution in [3.8, 4) is 0 Å². The van der Waals surface area contributed by atoms with E-state index in [4.69, 9.17) is 5.84 Å². The highest BCUT2D eigenvalue weighted by molar-refractivity contribution is 7.91. The summed E-state index contributed by atoms with van der Waals surface area (Å²) < 4.78 is 24.4. The molecule has 9 nitrogen and oxygen atoms in total. The van der Waals surface area contributed by atoms with Gasteiger partial charge < -0.3 is 5.84 Å². The molecule has 100 valence electrons. The SMILES string of the molecule is Cc1ccc(S(=O)(=O)c2cnnn2N)cc1[N+](=O)[O-]. The quantitative estimate of drug-likeness (QED) is 0.477. The molecule has 0 fully saturated rings. The Morgan fingerprint density at radius 1 is 1.42 bits per heavy atom. The molecular weight excluding hydrogens is 274 g/mol. The maximum Gasteiger partial charge on any atom is 0.273 e. The van der Waals surface area contributed by atoms with Crippen molar-refractivity contribution >= 4 is 15.5 Å². The predicted octanol–water partition coefficient (Wildman–Crippen LogP) is 0.0413. The fourth-order valence-electron chi connectivity index (χ4n) is 1.50. The molecule has 2 N–H and O–H groups in total. The van der Waals surface area contributed by atoms with Crippen LogP contribution in [0.25, 0.3) is 0 Å². The van der Waals surface area contributed by atoms with Crippen LogP contribution < -0.4 is 5.84 Å². The summed E-state index contributed by atoms with van der Waals surface area (Å²) in [6.07, 6.45) is 0.973. The molecular formula is C9H9N5O4S. The van der Waals surface area contributed by atoms with Gasteiger partial charge in [-0.2, -0.15) is 0 Å². The number of aryl methyl sites for hydroxylation is 1. The monoisotopic (exact) mass is 283 g/mol. The van der Waals surface area contributed by atoms with Crippen molar-refractivity contribution in [2.45, 2.75) is 16.8 Å². The fourth-order valence-corrected chi connectivity index (χ4v) is 2.72. The molecule has 1 heterocycles. The molecule has 0 atom stereocenters. The minimum Gasteiger partial charge on any atom is -0.321 e. The van der Waals surface area contributed by atoms with Gasteiger partial charge in [-0.1, -0.05) is 6.07 Å². The van der Waals surface area contributed by atoms with Gasteiger partial charge in [-0.15, -0.1) is 9.89 Å². The number of nitrogens with two attached hydrogens (primary N) is 1. The van der Waals surface area contributed by atoms with Crippen LogP contribution in [0.1, 0.15) is 5.56 Å². The average molecular weight is 283 g/mol. The Bertz CT molecular complexity index is 752. The molecule has 0 spiro atoms. The van der Waals surface area contributed by atoms with Gasteiger partial charge in [0.15, 0.2) is 0 Å². The number of nitrogens with zero attached hydrogens (tertiary/aromatic N) is 4. The van der Waals surface area contributed by atoms with E-state index in [1.807, 2.05) is 0 Å². The number of nitro groups is 1. The van der Waals surface area contributed by atoms with Gasteiger partial charge >= 0.3 is 0 Å². The lowest BCUT2D eigenvalue weighted by Crippen LogP contribution is -2.18. The highest BCUT2D eigenvalue weighted by Gasteiger charge is 2.25. The van der Waals surface area contributed by atoms with Crippen LogP contribution in [0.2, 0.25) is 0 Å². The van der Waals surface area contributed by atoms with Crippen molar-refractivity contribution in [1.29, 1.82) is 0 Å². The van der Waals surface area contributed by atoms with E-state index >= 15 is 0 Å². The lowest BCUT2D eigenvalue weighted by Gasteiger charge is -2.04. The van der Waals surface area contributed by atoms with Crippen LogP contribution in [0.3, 0.4) is 0 Å². The van der Waals surface area contributed by atoms with Gasteiger partial charge in [0.05, 0.1) is 16.0 Å². The molecule has 0 amide bonds. The molecule has 0 aliphatic heterocycles. The minimum atomic E-state index is -3.99. The molecule has 1 aromatic heterocycles. The molecule has 0 aliphatic carbocycles. The number of rotatable bonds is 3. The number of benzene rings is 1. The second kappa shape index (κ2) is 4.31. The summed E-state index contributed by atoms with van der Waals surface area (Å²) in [6.45, 7) is 1.52. The highest BCUT2D eigenvalue weighted by atomic mass is 32.2. The molecule has 2 rings (SSSR count). The molecule has 0 bridgehead atoms. The largest absolute Gasteiger partial charge is 0.321 e. The Labute approximate surface area is 107 Å². The van der Waals surface area contributed by atoms with E-state index in [-0.39, 0.29) is 15.6 Å². The first kappa shape index (κ1) is 13.0. The first-order valence-corrected chi connectivity index (χ1v) is 6.48. The summed E-state index contributed by atoms with van der Waals surface area (Å²) in [4.78, 5) is 10.5. The van der Waals surface area contributed by atoms with Crippen LogP contribution in [0, 0.1) is 17.0 Å². The van der Waals surface area contributed by atoms with Crippen molar-refractivity contribution in [2.75, 3.05) is 5.84 Å². The van der Waals surface area contributed by atoms with Crippen molar-refractivity contribution in [1.82, 2.24) is 15.1 Å². The third kappa shape index (κ3) is 2.12. The Morgan fingerprint density at radius 3 is 2.63 bits per heavy atom. The first-order chi connectivity index (χ1) is 8.84. The Morgan fingerprint density at radius 2 is 2.11 bits per heavy atom. The zero-order chi connectivity index (χ0) is 14.2. The van der Waals surface area contributed by atoms with Crippen LogP contribution >= 0.6 is 0 Å². The number of nitro benzene ring substituents is 1. The summed E-state index contributed by atoms with van der Waals surface area (Å²) in [6, 6.07) is 3.61. The topological polar surface area (TPSA) is 134 Å². The van der Waals surface area contributed by atoms with E-state index < -0.39 is 14.8 Å². The van der Waals surface area contributed by atoms with E-state index in [0.29, 0.717) is 10.4 Å². The number of hydrogen-bond donors (Lipinski definition) is 1. The zero-order valence-corrected chi connectivity index (χ0v) is 10.5. The van der Waals surface area contributed by atoms with Crippen molar-refractivity contribution < 1.29 is 13.3 Å². The summed E-state index contributed by atoms with van der Waals surface area (Å²) in [5.41, 5.74) is 0.0838. The lowest BCUT2D eigenvalue weighted by atomic mass is 10.2. The third-order valence-corrected chi connectivity index (χ3v) is 4.22. The van der Waals surface area contributed by atoms with Crippen LogP contribution in [-0.4, -0.2) is 28.4 Å². The van der Waals surface area contributed by atoms with Gasteiger partial charge in [0.25, 0.3) is 5.69 Å². The Balaban J connectivity index is 2.63. The third-order valence-electron chi connectivity index (χ3n) is 2.50. The van der Waals surface area contributed by atoms with Gasteiger partial charge in [0.1, 0.15) is 0 Å². The molecule has 0 aliphatic rings. The van der Waals surface area contributed by atoms with Gasteiger partial charge in [0, 0.05) is 11.6 Å². The molecule has 2 aromatic rings. The molecule has 0 radical (unpaired) electrons. The minimum absolute atomic E-state index is 0.237. The Hall–Kier alpha value is -2.49. The van der Waals surface area contributed by atoms with Crippen molar-refractivity contribution in [3.63, 3.8) is 0 Å². The van der Waals surface area contributed by atoms with Gasteiger partial charge in [-0.25, -0.2) is 8.42 Å². The lowest BCUT2D eigenvalue weighted by molar-refractivity contribution is -0.385. The maximum absolute atomic E-state index is 12.2. The zero-order valence-electron chi connectivity index (χ0n) is 9.72. The second-order valence-electron chi connectivity index (χ2n) is 3.73. The van der Waals surface area contributed by atoms with E-state index in [1.165, 1.54) is 19.1 Å². The smallest absolute Gasteiger partial charge is 0.273 e. The summed E-state index contributed by atoms with van der Waals surface area (Å²) in [5.74, 6) is 5.32. The number of nitrogen functional groups attached to an aromatic ring is 1. The maximum atomic E-state index is 12.2. The standard InChI is InChI=1S/C9H9N5O4S/c1-6-2-3-7(4-8(6)14(15)16)19(17,18)9-5-11-12-13(9)10/h2-5H,10H2,1H3. The average Bonchev–Trinajstić information content (AvgIpc) is 2.76. The normalized spacial score (nSPS) is 11.4. The predicted molar refractivity (Wildman–Crippen MR) is 63.5 cm³/mol. The van der Waals surface area contributed by atoms with Crippen LogP contribution in [-0.2, 0) is 9.84 Å². The summed E-state index contributed by atoms with van der Waals surface area (Å²) >= 11 is 0. The van der Waals surface area contributed by atoms with Crippen LogP contribution in [0.5, 0.6) is 0 Å². The summed E-state index contributed by atoms with van der Waals surface area (Å²) in [5, 5.41) is 17.1. The molecule has 1 aromatic carbocycles. The number of aromatic nitrogens is 3. The second-order valence-corrected chi connectivity index (χ2v) is 5.62. The van der Waals surface area contributed by atoms with E-state index in [2.05, 4.69) is 10.3 Å². The van der Waals surface area contributed by atoms with Crippen molar-refractivity contribution in [3.05, 3.63) is 40.1 Å². The molecule has 0 saturated heterocycles. The highest BCUT2D eigenvalue weighted by Crippen LogP contribution is 2.25. The van der Waals surface area contributed by atoms with E-state index in [1.54, 1.807) is 0 Å². The van der Waals surface area contributed by atoms with Crippen LogP contribution in [0.15, 0.2) is 34.3 Å². The molecule has 10 heteroatoms. The van der Waals surface area contributed by atoms with Gasteiger partial charge in [0.2, 0.25) is 14.9 Å². The number of hydrogen-bond acceptors (Lipinski definition) is 7. The number of sulfone groups is 1. The van der Waals surface area contributed by atoms with Gasteiger partial charge in [-0.05, 0) is 18.2 Å². The molecule has 0 unspecified atom stereocenters. The first-order valence-electron chi connectivity index (χ1n) is 5.00. The van der Waals surface area contributed by atoms with Crippen LogP contribution in [0.4, 0.5) is 5.69 Å². The molecule has 19 heavy (non-hydrogen) atoms. The van der Waals surface area contributed by atoms with Gasteiger partial charge in [-0.3, -0.25) is 10.1 Å².